The van der Waals surface area contributed by atoms with Crippen LogP contribution in [0.25, 0.3) is 11.3 Å². The monoisotopic (exact) mass is 567 g/mol. The van der Waals surface area contributed by atoms with E-state index in [1.54, 1.807) is 16.9 Å². The van der Waals surface area contributed by atoms with Crippen molar-refractivity contribution >= 4 is 21.8 Å². The van der Waals surface area contributed by atoms with Crippen molar-refractivity contribution in [3.63, 3.8) is 0 Å². The van der Waals surface area contributed by atoms with Gasteiger partial charge in [0.2, 0.25) is 17.6 Å². The third-order valence-electron chi connectivity index (χ3n) is 6.30. The molecule has 39 heavy (non-hydrogen) atoms. The minimum Gasteiger partial charge on any atom is -0.435 e. The summed E-state index contributed by atoms with van der Waals surface area (Å²) in [4.78, 5) is 12.6. The maximum atomic E-state index is 15.0. The molecular formula is C24H25F4N7O3S. The molecule has 0 spiro atoms. The zero-order valence-corrected chi connectivity index (χ0v) is 21.3. The molecule has 2 atom stereocenters. The van der Waals surface area contributed by atoms with Gasteiger partial charge in [0, 0.05) is 57.1 Å². The maximum absolute atomic E-state index is 15.0. The molecule has 15 heteroatoms. The highest BCUT2D eigenvalue weighted by Gasteiger charge is 2.30. The van der Waals surface area contributed by atoms with E-state index in [1.165, 1.54) is 18.5 Å². The lowest BCUT2D eigenvalue weighted by atomic mass is 10.1. The summed E-state index contributed by atoms with van der Waals surface area (Å²) in [6.45, 7) is 1.19. The fourth-order valence-corrected chi connectivity index (χ4v) is 5.71. The van der Waals surface area contributed by atoms with Crippen molar-refractivity contribution < 1.29 is 30.7 Å². The van der Waals surface area contributed by atoms with Gasteiger partial charge in [-0.3, -0.25) is 4.72 Å². The number of nitrogens with one attached hydrogen (secondary N) is 3. The third kappa shape index (κ3) is 6.04. The molecule has 5 rings (SSSR count). The van der Waals surface area contributed by atoms with Crippen molar-refractivity contribution in [1.29, 1.82) is 0 Å². The molecular weight excluding hydrogens is 542 g/mol. The molecule has 4 heterocycles. The zero-order chi connectivity index (χ0) is 27.6. The third-order valence-corrected chi connectivity index (χ3v) is 7.81. The molecule has 0 aliphatic carbocycles. The van der Waals surface area contributed by atoms with E-state index >= 15 is 0 Å². The summed E-state index contributed by atoms with van der Waals surface area (Å²) in [6, 6.07) is 4.94. The largest absolute Gasteiger partial charge is 0.435 e. The van der Waals surface area contributed by atoms with E-state index in [0.29, 0.717) is 31.1 Å². The fraction of sp³-hybridized carbons (Fsp3) is 0.375. The van der Waals surface area contributed by atoms with Crippen molar-refractivity contribution in [2.75, 3.05) is 36.2 Å². The average Bonchev–Trinajstić information content (AvgIpc) is 3.47. The van der Waals surface area contributed by atoms with Gasteiger partial charge in [0.25, 0.3) is 0 Å². The summed E-state index contributed by atoms with van der Waals surface area (Å²) >= 11 is 0. The number of anilines is 2. The number of ether oxygens (including phenoxy) is 1. The molecule has 10 nitrogen and oxygen atoms in total. The Morgan fingerprint density at radius 1 is 1.05 bits per heavy atom. The SMILES string of the molecule is O=S(=O)(Nc1c(F)cc(Oc2ncccc2-c2ccnc(N[C@@H]3CNC[C@@H](F)C3)n2)c(F)c1F)N1CCCC1. The number of rotatable bonds is 8. The van der Waals surface area contributed by atoms with Gasteiger partial charge in [-0.25, -0.2) is 28.1 Å². The van der Waals surface area contributed by atoms with Gasteiger partial charge in [-0.2, -0.15) is 17.1 Å². The predicted molar refractivity (Wildman–Crippen MR) is 135 cm³/mol. The second kappa shape index (κ2) is 11.3. The lowest BCUT2D eigenvalue weighted by Crippen LogP contribution is -2.44. The summed E-state index contributed by atoms with van der Waals surface area (Å²) in [6.07, 6.45) is 3.28. The van der Waals surface area contributed by atoms with Crippen molar-refractivity contribution in [2.45, 2.75) is 31.5 Å². The topological polar surface area (TPSA) is 121 Å². The first-order chi connectivity index (χ1) is 18.7. The van der Waals surface area contributed by atoms with Gasteiger partial charge in [0.1, 0.15) is 11.9 Å². The molecule has 2 fully saturated rings. The molecule has 0 radical (unpaired) electrons. The Morgan fingerprint density at radius 2 is 1.85 bits per heavy atom. The molecule has 2 aliphatic heterocycles. The van der Waals surface area contributed by atoms with Crippen LogP contribution < -0.4 is 20.1 Å². The van der Waals surface area contributed by atoms with Gasteiger partial charge < -0.3 is 15.4 Å². The smallest absolute Gasteiger partial charge is 0.301 e. The van der Waals surface area contributed by atoms with Gasteiger partial charge >= 0.3 is 10.2 Å². The lowest BCUT2D eigenvalue weighted by Gasteiger charge is -2.26. The van der Waals surface area contributed by atoms with E-state index in [9.17, 15) is 26.0 Å². The molecule has 208 valence electrons. The number of benzene rings is 1. The van der Waals surface area contributed by atoms with Gasteiger partial charge in [-0.1, -0.05) is 0 Å². The highest BCUT2D eigenvalue weighted by Crippen LogP contribution is 2.36. The summed E-state index contributed by atoms with van der Waals surface area (Å²) in [5.41, 5.74) is -0.591. The van der Waals surface area contributed by atoms with E-state index in [-0.39, 0.29) is 49.5 Å². The van der Waals surface area contributed by atoms with E-state index in [0.717, 1.165) is 4.31 Å². The minimum atomic E-state index is -4.27. The highest BCUT2D eigenvalue weighted by molar-refractivity contribution is 7.90. The van der Waals surface area contributed by atoms with Crippen LogP contribution in [0.4, 0.5) is 29.2 Å². The number of hydrogen-bond donors (Lipinski definition) is 3. The second-order valence-corrected chi connectivity index (χ2v) is 10.8. The Morgan fingerprint density at radius 3 is 2.62 bits per heavy atom. The summed E-state index contributed by atoms with van der Waals surface area (Å²) in [5, 5.41) is 6.03. The van der Waals surface area contributed by atoms with Crippen LogP contribution in [0.1, 0.15) is 19.3 Å². The molecule has 3 aromatic rings. The van der Waals surface area contributed by atoms with E-state index < -0.39 is 45.3 Å². The summed E-state index contributed by atoms with van der Waals surface area (Å²) < 4.78 is 91.5. The first-order valence-electron chi connectivity index (χ1n) is 12.2. The molecule has 0 unspecified atom stereocenters. The van der Waals surface area contributed by atoms with Crippen LogP contribution in [0.15, 0.2) is 36.7 Å². The quantitative estimate of drug-likeness (QED) is 0.279. The van der Waals surface area contributed by atoms with Crippen molar-refractivity contribution in [3.8, 4) is 22.9 Å². The minimum absolute atomic E-state index is 0.193. The van der Waals surface area contributed by atoms with Crippen molar-refractivity contribution in [3.05, 3.63) is 54.1 Å². The standard InChI is InChI=1S/C24H25F4N7O3S/c25-14-10-15(13-29-12-14)32-24-31-7-5-18(33-24)16-4-3-6-30-23(16)38-19-11-17(26)22(21(28)20(19)27)34-39(36,37)35-8-1-2-9-35/h3-7,11,14-15,29,34H,1-2,8-10,12-13H2,(H,31,32,33)/t14-,15-/m0/s1. The van der Waals surface area contributed by atoms with E-state index in [2.05, 4.69) is 25.6 Å². The number of nitrogens with zero attached hydrogens (tertiary/aromatic N) is 4. The van der Waals surface area contributed by atoms with Gasteiger partial charge in [-0.05, 0) is 31.0 Å². The molecule has 3 N–H and O–H groups in total. The molecule has 2 aliphatic rings. The summed E-state index contributed by atoms with van der Waals surface area (Å²) in [7, 11) is -4.27. The number of halogens is 4. The van der Waals surface area contributed by atoms with Crippen molar-refractivity contribution in [1.82, 2.24) is 24.6 Å². The van der Waals surface area contributed by atoms with Crippen molar-refractivity contribution in [2.24, 2.45) is 0 Å². The maximum Gasteiger partial charge on any atom is 0.301 e. The average molecular weight is 568 g/mol. The molecule has 0 amide bonds. The van der Waals surface area contributed by atoms with Gasteiger partial charge in [0.15, 0.2) is 17.4 Å². The Kier molecular flexibility index (Phi) is 7.81. The highest BCUT2D eigenvalue weighted by atomic mass is 32.2. The fourth-order valence-electron chi connectivity index (χ4n) is 4.39. The molecule has 2 aromatic heterocycles. The zero-order valence-electron chi connectivity index (χ0n) is 20.5. The molecule has 2 saturated heterocycles. The number of pyridine rings is 1. The summed E-state index contributed by atoms with van der Waals surface area (Å²) in [5.74, 6) is -5.59. The van der Waals surface area contributed by atoms with Crippen LogP contribution in [0.5, 0.6) is 11.6 Å². The first kappa shape index (κ1) is 27.0. The van der Waals surface area contributed by atoms with Gasteiger partial charge in [-0.15, -0.1) is 0 Å². The van der Waals surface area contributed by atoms with Crippen LogP contribution in [0.3, 0.4) is 0 Å². The normalized spacial score (nSPS) is 20.1. The van der Waals surface area contributed by atoms with Crippen LogP contribution in [0.2, 0.25) is 0 Å². The number of aromatic nitrogens is 3. The number of hydrogen-bond acceptors (Lipinski definition) is 8. The molecule has 0 bridgehead atoms. The molecule has 0 saturated carbocycles. The van der Waals surface area contributed by atoms with Crippen LogP contribution >= 0.6 is 0 Å². The number of alkyl halides is 1. The Labute approximate surface area is 222 Å². The van der Waals surface area contributed by atoms with Gasteiger partial charge in [0.05, 0.1) is 11.3 Å². The van der Waals surface area contributed by atoms with E-state index in [4.69, 9.17) is 4.74 Å². The lowest BCUT2D eigenvalue weighted by molar-refractivity contribution is 0.254. The Balaban J connectivity index is 1.39. The second-order valence-electron chi connectivity index (χ2n) is 9.13. The predicted octanol–water partition coefficient (Wildman–Crippen LogP) is 3.61. The molecule has 1 aromatic carbocycles. The van der Waals surface area contributed by atoms with E-state index in [1.807, 2.05) is 0 Å². The van der Waals surface area contributed by atoms with Crippen LogP contribution in [-0.4, -0.2) is 66.1 Å². The Bertz CT molecular complexity index is 1460. The van der Waals surface area contributed by atoms with Crippen LogP contribution in [-0.2, 0) is 10.2 Å². The van der Waals surface area contributed by atoms with Crippen LogP contribution in [0, 0.1) is 17.5 Å². The Hall–Kier alpha value is -3.56. The number of piperidine rings is 1. The first-order valence-corrected chi connectivity index (χ1v) is 13.7.